The molecule has 0 N–H and O–H groups in total. The van der Waals surface area contributed by atoms with Crippen molar-refractivity contribution >= 4 is 5.95 Å². The normalized spacial score (nSPS) is 22.1. The molecular formula is C15H21FN6. The first-order valence-electron chi connectivity index (χ1n) is 7.45. The van der Waals surface area contributed by atoms with E-state index in [4.69, 9.17) is 0 Å². The first-order valence-corrected chi connectivity index (χ1v) is 7.45. The van der Waals surface area contributed by atoms with Gasteiger partial charge in [0.2, 0.25) is 5.95 Å². The van der Waals surface area contributed by atoms with Crippen molar-refractivity contribution in [3.8, 4) is 0 Å². The second-order valence-electron chi connectivity index (χ2n) is 5.87. The van der Waals surface area contributed by atoms with E-state index in [1.807, 2.05) is 31.4 Å². The van der Waals surface area contributed by atoms with Crippen molar-refractivity contribution in [2.45, 2.75) is 25.2 Å². The fraction of sp³-hybridized carbons (Fsp3) is 0.533. The number of aryl methyl sites for hydroxylation is 1. The first kappa shape index (κ1) is 14.9. The number of hydrogen-bond acceptors (Lipinski definition) is 5. The minimum Gasteiger partial charge on any atom is -0.342 e. The molecule has 3 heterocycles. The monoisotopic (exact) mass is 304 g/mol. The molecule has 0 aliphatic carbocycles. The Bertz CT molecular complexity index is 601. The van der Waals surface area contributed by atoms with Crippen LogP contribution < -0.4 is 4.90 Å². The van der Waals surface area contributed by atoms with Crippen molar-refractivity contribution in [1.82, 2.24) is 24.6 Å². The maximum absolute atomic E-state index is 13.9. The lowest BCUT2D eigenvalue weighted by atomic mass is 10.2. The molecule has 0 bridgehead atoms. The Morgan fingerprint density at radius 3 is 2.82 bits per heavy atom. The van der Waals surface area contributed by atoms with Gasteiger partial charge in [0.1, 0.15) is 6.17 Å². The minimum atomic E-state index is -0.772. The second kappa shape index (κ2) is 6.39. The minimum absolute atomic E-state index is 0.156. The van der Waals surface area contributed by atoms with Crippen molar-refractivity contribution in [2.75, 3.05) is 25.0 Å². The van der Waals surface area contributed by atoms with Crippen LogP contribution in [0.15, 0.2) is 30.9 Å². The molecule has 3 rings (SSSR count). The molecule has 1 saturated heterocycles. The number of anilines is 1. The zero-order valence-corrected chi connectivity index (χ0v) is 12.9. The van der Waals surface area contributed by atoms with Gasteiger partial charge in [-0.05, 0) is 12.5 Å². The molecule has 0 radical (unpaired) electrons. The fourth-order valence-electron chi connectivity index (χ4n) is 2.98. The van der Waals surface area contributed by atoms with E-state index in [0.717, 1.165) is 12.1 Å². The van der Waals surface area contributed by atoms with Gasteiger partial charge in [-0.15, -0.1) is 0 Å². The number of aromatic nitrogens is 4. The summed E-state index contributed by atoms with van der Waals surface area (Å²) in [5.74, 6) is 0.672. The molecule has 2 atom stereocenters. The van der Waals surface area contributed by atoms with Crippen molar-refractivity contribution in [2.24, 2.45) is 7.05 Å². The van der Waals surface area contributed by atoms with Crippen molar-refractivity contribution in [3.05, 3.63) is 36.4 Å². The molecule has 118 valence electrons. The molecule has 0 aromatic carbocycles. The van der Waals surface area contributed by atoms with Crippen molar-refractivity contribution in [3.63, 3.8) is 0 Å². The van der Waals surface area contributed by atoms with Gasteiger partial charge in [0.15, 0.2) is 0 Å². The number of nitrogens with zero attached hydrogens (tertiary/aromatic N) is 6. The van der Waals surface area contributed by atoms with E-state index in [9.17, 15) is 4.39 Å². The number of hydrogen-bond donors (Lipinski definition) is 0. The summed E-state index contributed by atoms with van der Waals surface area (Å²) in [5.41, 5.74) is 1.11. The van der Waals surface area contributed by atoms with Crippen LogP contribution in [0.25, 0.3) is 0 Å². The van der Waals surface area contributed by atoms with Gasteiger partial charge in [0.05, 0.1) is 6.20 Å². The number of alkyl halides is 1. The number of rotatable bonds is 5. The molecule has 2 aromatic rings. The first-order chi connectivity index (χ1) is 10.6. The number of likely N-dealkylation sites (N-methyl/N-ethyl adjacent to an activating group) is 1. The molecule has 1 aliphatic rings. The van der Waals surface area contributed by atoms with Crippen LogP contribution in [0.3, 0.4) is 0 Å². The quantitative estimate of drug-likeness (QED) is 0.832. The lowest BCUT2D eigenvalue weighted by Crippen LogP contribution is -2.39. The Hall–Kier alpha value is -2.02. The SMILES string of the molecule is CN(C[C@@H]1C[C@H](F)CN1Cc1cnn(C)c1)c1ncccn1. The van der Waals surface area contributed by atoms with Crippen LogP contribution in [0.1, 0.15) is 12.0 Å². The average molecular weight is 304 g/mol. The topological polar surface area (TPSA) is 50.1 Å². The molecule has 1 aliphatic heterocycles. The van der Waals surface area contributed by atoms with Crippen LogP contribution in [0.2, 0.25) is 0 Å². The van der Waals surface area contributed by atoms with Crippen LogP contribution in [0, 0.1) is 0 Å². The molecule has 0 saturated carbocycles. The zero-order valence-electron chi connectivity index (χ0n) is 12.9. The second-order valence-corrected chi connectivity index (χ2v) is 5.87. The summed E-state index contributed by atoms with van der Waals surface area (Å²) in [6, 6.07) is 1.95. The van der Waals surface area contributed by atoms with Crippen LogP contribution in [-0.4, -0.2) is 57.0 Å². The van der Waals surface area contributed by atoms with E-state index >= 15 is 0 Å². The van der Waals surface area contributed by atoms with Gasteiger partial charge in [0, 0.05) is 63.9 Å². The van der Waals surface area contributed by atoms with Crippen molar-refractivity contribution < 1.29 is 4.39 Å². The lowest BCUT2D eigenvalue weighted by Gasteiger charge is -2.28. The van der Waals surface area contributed by atoms with Gasteiger partial charge in [-0.1, -0.05) is 0 Å². The number of halogens is 1. The van der Waals surface area contributed by atoms with Gasteiger partial charge < -0.3 is 4.90 Å². The highest BCUT2D eigenvalue weighted by atomic mass is 19.1. The molecule has 7 heteroatoms. The summed E-state index contributed by atoms with van der Waals surface area (Å²) in [4.78, 5) is 12.6. The zero-order chi connectivity index (χ0) is 15.5. The largest absolute Gasteiger partial charge is 0.342 e. The Morgan fingerprint density at radius 1 is 1.36 bits per heavy atom. The Kier molecular flexibility index (Phi) is 4.33. The van der Waals surface area contributed by atoms with E-state index in [-0.39, 0.29) is 6.04 Å². The van der Waals surface area contributed by atoms with Crippen LogP contribution in [0.4, 0.5) is 10.3 Å². The predicted molar refractivity (Wildman–Crippen MR) is 82.2 cm³/mol. The summed E-state index contributed by atoms with van der Waals surface area (Å²) in [5, 5.41) is 4.18. The van der Waals surface area contributed by atoms with E-state index in [0.29, 0.717) is 25.5 Å². The Morgan fingerprint density at radius 2 is 2.14 bits per heavy atom. The van der Waals surface area contributed by atoms with Crippen LogP contribution >= 0.6 is 0 Å². The fourth-order valence-corrected chi connectivity index (χ4v) is 2.98. The Labute approximate surface area is 129 Å². The highest BCUT2D eigenvalue weighted by molar-refractivity contribution is 5.27. The predicted octanol–water partition coefficient (Wildman–Crippen LogP) is 1.26. The molecule has 0 amide bonds. The third-order valence-electron chi connectivity index (χ3n) is 4.00. The van der Waals surface area contributed by atoms with Crippen molar-refractivity contribution in [1.29, 1.82) is 0 Å². The number of likely N-dealkylation sites (tertiary alicyclic amines) is 1. The molecule has 2 aromatic heterocycles. The highest BCUT2D eigenvalue weighted by Gasteiger charge is 2.33. The van der Waals surface area contributed by atoms with Gasteiger partial charge in [-0.3, -0.25) is 9.58 Å². The maximum atomic E-state index is 13.9. The van der Waals surface area contributed by atoms with Gasteiger partial charge in [-0.2, -0.15) is 5.10 Å². The van der Waals surface area contributed by atoms with Crippen LogP contribution in [0.5, 0.6) is 0 Å². The maximum Gasteiger partial charge on any atom is 0.225 e. The highest BCUT2D eigenvalue weighted by Crippen LogP contribution is 2.23. The third kappa shape index (κ3) is 3.41. The summed E-state index contributed by atoms with van der Waals surface area (Å²) in [7, 11) is 3.84. The molecule has 0 unspecified atom stereocenters. The average Bonchev–Trinajstić information content (AvgIpc) is 3.06. The summed E-state index contributed by atoms with van der Waals surface area (Å²) < 4.78 is 15.6. The molecule has 0 spiro atoms. The van der Waals surface area contributed by atoms with E-state index in [1.165, 1.54) is 0 Å². The van der Waals surface area contributed by atoms with Gasteiger partial charge in [0.25, 0.3) is 0 Å². The van der Waals surface area contributed by atoms with Gasteiger partial charge >= 0.3 is 0 Å². The smallest absolute Gasteiger partial charge is 0.225 e. The van der Waals surface area contributed by atoms with E-state index in [2.05, 4.69) is 20.0 Å². The van der Waals surface area contributed by atoms with Gasteiger partial charge in [-0.25, -0.2) is 14.4 Å². The van der Waals surface area contributed by atoms with Crippen LogP contribution in [-0.2, 0) is 13.6 Å². The molecule has 1 fully saturated rings. The standard InChI is InChI=1S/C15H21FN6/c1-20(15-17-4-3-5-18-15)11-14-6-13(16)10-22(14)9-12-7-19-21(2)8-12/h3-5,7-8,13-14H,6,9-11H2,1-2H3/t13-,14-/m0/s1. The summed E-state index contributed by atoms with van der Waals surface area (Å²) in [6.07, 6.45) is 7.04. The summed E-state index contributed by atoms with van der Waals surface area (Å²) in [6.45, 7) is 1.91. The molecule has 22 heavy (non-hydrogen) atoms. The van der Waals surface area contributed by atoms with E-state index < -0.39 is 6.17 Å². The molecule has 6 nitrogen and oxygen atoms in total. The molecular weight excluding hydrogens is 283 g/mol. The lowest BCUT2D eigenvalue weighted by molar-refractivity contribution is 0.237. The summed E-state index contributed by atoms with van der Waals surface area (Å²) >= 11 is 0. The van der Waals surface area contributed by atoms with E-state index in [1.54, 1.807) is 23.1 Å². The Balaban J connectivity index is 1.65. The third-order valence-corrected chi connectivity index (χ3v) is 4.00.